The van der Waals surface area contributed by atoms with Crippen LogP contribution in [0.4, 0.5) is 0 Å². The fourth-order valence-corrected chi connectivity index (χ4v) is 2.71. The lowest BCUT2D eigenvalue weighted by Gasteiger charge is -2.23. The van der Waals surface area contributed by atoms with E-state index in [0.717, 1.165) is 30.3 Å². The van der Waals surface area contributed by atoms with Crippen LogP contribution in [0, 0.1) is 5.92 Å². The molecule has 4 heteroatoms. The third kappa shape index (κ3) is 5.33. The molecule has 1 aliphatic rings. The second-order valence-electron chi connectivity index (χ2n) is 6.63. The van der Waals surface area contributed by atoms with Crippen molar-refractivity contribution in [3.8, 4) is 5.75 Å². The third-order valence-corrected chi connectivity index (χ3v) is 4.42. The van der Waals surface area contributed by atoms with Gasteiger partial charge in [-0.2, -0.15) is 0 Å². The van der Waals surface area contributed by atoms with Crippen LogP contribution in [0.2, 0.25) is 0 Å². The number of benzene rings is 2. The van der Waals surface area contributed by atoms with Crippen LogP contribution >= 0.6 is 0 Å². The van der Waals surface area contributed by atoms with Gasteiger partial charge in [0.2, 0.25) is 0 Å². The fraction of sp³-hybridized carbons (Fsp3) is 0.381. The van der Waals surface area contributed by atoms with E-state index < -0.39 is 0 Å². The molecule has 0 unspecified atom stereocenters. The average molecular weight is 338 g/mol. The Morgan fingerprint density at radius 3 is 2.44 bits per heavy atom. The largest absolute Gasteiger partial charge is 0.493 e. The Balaban J connectivity index is 1.65. The molecular formula is C21H26N2O2. The Morgan fingerprint density at radius 1 is 1.08 bits per heavy atom. The van der Waals surface area contributed by atoms with E-state index in [1.807, 2.05) is 59.5 Å². The Bertz CT molecular complexity index is 666. The highest BCUT2D eigenvalue weighted by Gasteiger charge is 2.22. The van der Waals surface area contributed by atoms with Crippen LogP contribution in [0.25, 0.3) is 0 Å². The first-order valence-corrected chi connectivity index (χ1v) is 9.02. The van der Waals surface area contributed by atoms with Crippen molar-refractivity contribution >= 4 is 5.91 Å². The number of carbonyl (C=O) groups is 1. The number of amides is 1. The van der Waals surface area contributed by atoms with Crippen LogP contribution in [0.5, 0.6) is 5.75 Å². The molecule has 1 amide bonds. The third-order valence-electron chi connectivity index (χ3n) is 4.42. The van der Waals surface area contributed by atoms with Gasteiger partial charge in [-0.3, -0.25) is 4.79 Å². The minimum atomic E-state index is 0.0334. The maximum absolute atomic E-state index is 12.9. The molecule has 0 aromatic heterocycles. The summed E-state index contributed by atoms with van der Waals surface area (Å²) in [7, 11) is 0. The van der Waals surface area contributed by atoms with Gasteiger partial charge in [-0.1, -0.05) is 30.3 Å². The minimum Gasteiger partial charge on any atom is -0.493 e. The number of nitrogens with two attached hydrogens (primary N) is 1. The molecule has 0 saturated heterocycles. The number of nitrogens with zero attached hydrogens (tertiary/aromatic N) is 1. The molecule has 1 fully saturated rings. The van der Waals surface area contributed by atoms with Crippen LogP contribution < -0.4 is 10.5 Å². The van der Waals surface area contributed by atoms with Gasteiger partial charge in [0, 0.05) is 18.7 Å². The fourth-order valence-electron chi connectivity index (χ4n) is 2.71. The van der Waals surface area contributed by atoms with Gasteiger partial charge in [-0.05, 0) is 61.6 Å². The highest BCUT2D eigenvalue weighted by molar-refractivity contribution is 5.94. The number of hydrogen-bond acceptors (Lipinski definition) is 3. The van der Waals surface area contributed by atoms with E-state index in [2.05, 4.69) is 0 Å². The number of rotatable bonds is 9. The van der Waals surface area contributed by atoms with Crippen LogP contribution in [0.15, 0.2) is 54.6 Å². The first-order chi connectivity index (χ1) is 12.3. The molecule has 0 bridgehead atoms. The molecule has 2 N–H and O–H groups in total. The number of hydrogen-bond donors (Lipinski definition) is 1. The van der Waals surface area contributed by atoms with E-state index >= 15 is 0 Å². The first-order valence-electron chi connectivity index (χ1n) is 9.02. The van der Waals surface area contributed by atoms with Gasteiger partial charge >= 0.3 is 0 Å². The van der Waals surface area contributed by atoms with Crippen molar-refractivity contribution in [1.29, 1.82) is 0 Å². The summed E-state index contributed by atoms with van der Waals surface area (Å²) in [6.45, 7) is 2.61. The predicted molar refractivity (Wildman–Crippen MR) is 99.5 cm³/mol. The molecule has 1 aliphatic carbocycles. The summed E-state index contributed by atoms with van der Waals surface area (Å²) in [6, 6.07) is 17.5. The molecule has 4 nitrogen and oxygen atoms in total. The van der Waals surface area contributed by atoms with Gasteiger partial charge in [-0.25, -0.2) is 0 Å². The Morgan fingerprint density at radius 2 is 1.80 bits per heavy atom. The lowest BCUT2D eigenvalue weighted by atomic mass is 10.1. The quantitative estimate of drug-likeness (QED) is 0.762. The molecule has 132 valence electrons. The smallest absolute Gasteiger partial charge is 0.254 e. The molecule has 1 saturated carbocycles. The molecule has 0 aliphatic heterocycles. The van der Waals surface area contributed by atoms with Crippen LogP contribution in [0.3, 0.4) is 0 Å². The molecule has 3 rings (SSSR count). The van der Waals surface area contributed by atoms with Crippen LogP contribution in [-0.2, 0) is 6.54 Å². The summed E-state index contributed by atoms with van der Waals surface area (Å²) < 4.78 is 5.74. The summed E-state index contributed by atoms with van der Waals surface area (Å²) in [5, 5.41) is 0. The van der Waals surface area contributed by atoms with E-state index in [1.54, 1.807) is 0 Å². The van der Waals surface area contributed by atoms with Crippen molar-refractivity contribution in [2.24, 2.45) is 11.7 Å². The average Bonchev–Trinajstić information content (AvgIpc) is 3.48. The molecule has 25 heavy (non-hydrogen) atoms. The van der Waals surface area contributed by atoms with Crippen molar-refractivity contribution in [1.82, 2.24) is 4.90 Å². The van der Waals surface area contributed by atoms with Crippen LogP contribution in [-0.4, -0.2) is 30.5 Å². The Hall–Kier alpha value is -2.33. The zero-order chi connectivity index (χ0) is 17.5. The molecule has 0 spiro atoms. The predicted octanol–water partition coefficient (Wildman–Crippen LogP) is 3.47. The van der Waals surface area contributed by atoms with E-state index in [4.69, 9.17) is 10.5 Å². The summed E-state index contributed by atoms with van der Waals surface area (Å²) in [6.07, 6.45) is 3.33. The lowest BCUT2D eigenvalue weighted by molar-refractivity contribution is 0.0742. The van der Waals surface area contributed by atoms with Gasteiger partial charge in [0.05, 0.1) is 6.61 Å². The summed E-state index contributed by atoms with van der Waals surface area (Å²) in [5.41, 5.74) is 7.45. The van der Waals surface area contributed by atoms with Crippen molar-refractivity contribution in [2.45, 2.75) is 25.8 Å². The molecular weight excluding hydrogens is 312 g/mol. The number of carbonyl (C=O) groups excluding carboxylic acids is 1. The number of ether oxygens (including phenoxy) is 1. The van der Waals surface area contributed by atoms with E-state index in [-0.39, 0.29) is 5.91 Å². The molecule has 0 heterocycles. The highest BCUT2D eigenvalue weighted by atomic mass is 16.5. The topological polar surface area (TPSA) is 55.6 Å². The second kappa shape index (κ2) is 8.67. The lowest BCUT2D eigenvalue weighted by Crippen LogP contribution is -2.32. The summed E-state index contributed by atoms with van der Waals surface area (Å²) >= 11 is 0. The van der Waals surface area contributed by atoms with Gasteiger partial charge in [0.25, 0.3) is 5.91 Å². The zero-order valence-electron chi connectivity index (χ0n) is 14.6. The highest BCUT2D eigenvalue weighted by Crippen LogP contribution is 2.29. The zero-order valence-corrected chi connectivity index (χ0v) is 14.6. The summed E-state index contributed by atoms with van der Waals surface area (Å²) in [5.74, 6) is 1.59. The van der Waals surface area contributed by atoms with Crippen molar-refractivity contribution in [3.05, 3.63) is 65.7 Å². The van der Waals surface area contributed by atoms with Crippen molar-refractivity contribution in [3.63, 3.8) is 0 Å². The maximum Gasteiger partial charge on any atom is 0.254 e. The van der Waals surface area contributed by atoms with Gasteiger partial charge < -0.3 is 15.4 Å². The first kappa shape index (κ1) is 17.5. The maximum atomic E-state index is 12.9. The second-order valence-corrected chi connectivity index (χ2v) is 6.63. The normalized spacial score (nSPS) is 13.5. The van der Waals surface area contributed by atoms with E-state index in [0.29, 0.717) is 25.2 Å². The molecule has 0 radical (unpaired) electrons. The molecule has 0 atom stereocenters. The van der Waals surface area contributed by atoms with Gasteiger partial charge in [0.15, 0.2) is 0 Å². The summed E-state index contributed by atoms with van der Waals surface area (Å²) in [4.78, 5) is 14.8. The molecule has 2 aromatic carbocycles. The monoisotopic (exact) mass is 338 g/mol. The van der Waals surface area contributed by atoms with E-state index in [1.165, 1.54) is 12.8 Å². The van der Waals surface area contributed by atoms with Crippen LogP contribution in [0.1, 0.15) is 35.2 Å². The van der Waals surface area contributed by atoms with Crippen molar-refractivity contribution < 1.29 is 9.53 Å². The standard InChI is InChI=1S/C21H26N2O2/c22-13-4-14-23(15-17-5-2-1-3-6-17)21(24)19-9-11-20(12-10-19)25-16-18-7-8-18/h1-3,5-6,9-12,18H,4,7-8,13-16,22H2. The SMILES string of the molecule is NCCCN(Cc1ccccc1)C(=O)c1ccc(OCC2CC2)cc1. The Kier molecular flexibility index (Phi) is 6.07. The van der Waals surface area contributed by atoms with Gasteiger partial charge in [-0.15, -0.1) is 0 Å². The molecule has 2 aromatic rings. The van der Waals surface area contributed by atoms with Gasteiger partial charge in [0.1, 0.15) is 5.75 Å². The van der Waals surface area contributed by atoms with E-state index in [9.17, 15) is 4.79 Å². The Labute approximate surface area is 149 Å². The van der Waals surface area contributed by atoms with Crippen molar-refractivity contribution in [2.75, 3.05) is 19.7 Å². The minimum absolute atomic E-state index is 0.0334.